The van der Waals surface area contributed by atoms with E-state index in [-0.39, 0.29) is 0 Å². The number of hydrogen-bond acceptors (Lipinski definition) is 5. The highest BCUT2D eigenvalue weighted by Gasteiger charge is 2.24. The third kappa shape index (κ3) is 4.27. The summed E-state index contributed by atoms with van der Waals surface area (Å²) in [5, 5.41) is 3.79. The third-order valence-electron chi connectivity index (χ3n) is 4.77. The lowest BCUT2D eigenvalue weighted by Crippen LogP contribution is -2.43. The van der Waals surface area contributed by atoms with Crippen LogP contribution in [-0.2, 0) is 4.74 Å². The maximum Gasteiger partial charge on any atom is 0.0594 e. The van der Waals surface area contributed by atoms with Crippen LogP contribution >= 0.6 is 0 Å². The van der Waals surface area contributed by atoms with Crippen LogP contribution in [0.1, 0.15) is 18.5 Å². The maximum atomic E-state index is 5.46. The Labute approximate surface area is 133 Å². The first-order chi connectivity index (χ1) is 10.8. The first kappa shape index (κ1) is 15.9. The van der Waals surface area contributed by atoms with Gasteiger partial charge in [-0.2, -0.15) is 0 Å². The lowest BCUT2D eigenvalue weighted by atomic mass is 10.0. The van der Waals surface area contributed by atoms with E-state index in [0.717, 1.165) is 45.9 Å². The average Bonchev–Trinajstić information content (AvgIpc) is 2.98. The van der Waals surface area contributed by atoms with Gasteiger partial charge >= 0.3 is 0 Å². The van der Waals surface area contributed by atoms with E-state index in [1.54, 1.807) is 0 Å². The largest absolute Gasteiger partial charge is 0.379 e. The topological polar surface area (TPSA) is 48.6 Å². The van der Waals surface area contributed by atoms with Crippen molar-refractivity contribution in [3.8, 4) is 0 Å². The Hall–Kier alpha value is -0.980. The van der Waals surface area contributed by atoms with Crippen LogP contribution < -0.4 is 16.2 Å². The Morgan fingerprint density at radius 3 is 2.73 bits per heavy atom. The lowest BCUT2D eigenvalue weighted by Gasteiger charge is -2.32. The Morgan fingerprint density at radius 1 is 1.27 bits per heavy atom. The van der Waals surface area contributed by atoms with Crippen molar-refractivity contribution in [3.63, 3.8) is 0 Å². The van der Waals surface area contributed by atoms with Crippen molar-refractivity contribution in [2.45, 2.75) is 19.0 Å². The van der Waals surface area contributed by atoms with Gasteiger partial charge in [0.25, 0.3) is 0 Å². The van der Waals surface area contributed by atoms with Gasteiger partial charge in [-0.15, -0.1) is 0 Å². The van der Waals surface area contributed by atoms with Crippen molar-refractivity contribution in [1.29, 1.82) is 0 Å². The minimum atomic E-state index is 0.382. The van der Waals surface area contributed by atoms with Crippen LogP contribution in [0.4, 0.5) is 0 Å². The fourth-order valence-corrected chi connectivity index (χ4v) is 3.20. The summed E-state index contributed by atoms with van der Waals surface area (Å²) in [6.45, 7) is 9.14. The van der Waals surface area contributed by atoms with Crippen LogP contribution in [0.3, 0.4) is 0 Å². The van der Waals surface area contributed by atoms with E-state index in [1.165, 1.54) is 5.56 Å². The molecular weight excluding hydrogens is 276 g/mol. The first-order valence-electron chi connectivity index (χ1n) is 8.40. The molecule has 2 saturated heterocycles. The molecule has 5 nitrogen and oxygen atoms in total. The Kier molecular flexibility index (Phi) is 5.81. The third-order valence-corrected chi connectivity index (χ3v) is 4.77. The molecule has 2 aliphatic heterocycles. The molecule has 1 aromatic rings. The summed E-state index contributed by atoms with van der Waals surface area (Å²) < 4.78 is 5.46. The molecule has 2 heterocycles. The number of hydrazine groups is 1. The van der Waals surface area contributed by atoms with Gasteiger partial charge in [0.05, 0.1) is 13.2 Å². The average molecular weight is 304 g/mol. The molecule has 0 radical (unpaired) electrons. The summed E-state index contributed by atoms with van der Waals surface area (Å²) >= 11 is 0. The molecule has 3 N–H and O–H groups in total. The van der Waals surface area contributed by atoms with Gasteiger partial charge < -0.3 is 10.1 Å². The van der Waals surface area contributed by atoms with Gasteiger partial charge in [-0.3, -0.25) is 15.8 Å². The van der Waals surface area contributed by atoms with Gasteiger partial charge in [0.2, 0.25) is 0 Å². The van der Waals surface area contributed by atoms with Crippen molar-refractivity contribution in [2.24, 2.45) is 5.92 Å². The molecule has 22 heavy (non-hydrogen) atoms. The Bertz CT molecular complexity index is 436. The summed E-state index contributed by atoms with van der Waals surface area (Å²) in [5.74, 6) is 0.635. The van der Waals surface area contributed by atoms with Gasteiger partial charge in [0.15, 0.2) is 0 Å². The fourth-order valence-electron chi connectivity index (χ4n) is 3.20. The highest BCUT2D eigenvalue weighted by Crippen LogP contribution is 2.16. The van der Waals surface area contributed by atoms with E-state index in [1.807, 2.05) is 0 Å². The summed E-state index contributed by atoms with van der Waals surface area (Å²) in [7, 11) is 0. The number of morpholine rings is 1. The Balaban J connectivity index is 1.60. The zero-order valence-electron chi connectivity index (χ0n) is 13.4. The first-order valence-corrected chi connectivity index (χ1v) is 8.40. The van der Waals surface area contributed by atoms with E-state index in [4.69, 9.17) is 4.74 Å². The van der Waals surface area contributed by atoms with E-state index in [9.17, 15) is 0 Å². The summed E-state index contributed by atoms with van der Waals surface area (Å²) in [4.78, 5) is 2.50. The van der Waals surface area contributed by atoms with E-state index in [2.05, 4.69) is 58.3 Å². The van der Waals surface area contributed by atoms with Gasteiger partial charge in [0, 0.05) is 50.7 Å². The molecule has 0 amide bonds. The maximum absolute atomic E-state index is 5.46. The van der Waals surface area contributed by atoms with Gasteiger partial charge in [-0.05, 0) is 12.5 Å². The number of hydrogen-bond donors (Lipinski definition) is 3. The van der Waals surface area contributed by atoms with Crippen LogP contribution in [-0.4, -0.2) is 56.9 Å². The van der Waals surface area contributed by atoms with Gasteiger partial charge in [-0.25, -0.2) is 0 Å². The van der Waals surface area contributed by atoms with Crippen LogP contribution in [0.5, 0.6) is 0 Å². The molecule has 0 spiro atoms. The number of nitrogens with zero attached hydrogens (tertiary/aromatic N) is 1. The smallest absolute Gasteiger partial charge is 0.0594 e. The predicted octanol–water partition coefficient (Wildman–Crippen LogP) is 0.762. The van der Waals surface area contributed by atoms with E-state index >= 15 is 0 Å². The minimum absolute atomic E-state index is 0.382. The van der Waals surface area contributed by atoms with Crippen molar-refractivity contribution < 1.29 is 4.74 Å². The molecule has 3 rings (SSSR count). The second kappa shape index (κ2) is 8.04. The molecule has 0 aliphatic carbocycles. The molecule has 5 heteroatoms. The van der Waals surface area contributed by atoms with Crippen molar-refractivity contribution in [2.75, 3.05) is 45.9 Å². The van der Waals surface area contributed by atoms with Gasteiger partial charge in [-0.1, -0.05) is 30.3 Å². The second-order valence-electron chi connectivity index (χ2n) is 6.36. The Morgan fingerprint density at radius 2 is 2.05 bits per heavy atom. The van der Waals surface area contributed by atoms with E-state index < -0.39 is 0 Å². The zero-order chi connectivity index (χ0) is 15.2. The van der Waals surface area contributed by atoms with Crippen LogP contribution in [0, 0.1) is 5.92 Å². The molecule has 1 aromatic carbocycles. The summed E-state index contributed by atoms with van der Waals surface area (Å²) in [5.41, 5.74) is 7.92. The molecule has 3 atom stereocenters. The summed E-state index contributed by atoms with van der Waals surface area (Å²) in [6.07, 6.45) is 0. The summed E-state index contributed by atoms with van der Waals surface area (Å²) in [6, 6.07) is 11.7. The van der Waals surface area contributed by atoms with Crippen molar-refractivity contribution in [3.05, 3.63) is 35.9 Å². The zero-order valence-corrected chi connectivity index (χ0v) is 13.4. The molecule has 2 fully saturated rings. The van der Waals surface area contributed by atoms with Crippen molar-refractivity contribution >= 4 is 0 Å². The van der Waals surface area contributed by atoms with Crippen LogP contribution in [0.25, 0.3) is 0 Å². The van der Waals surface area contributed by atoms with Gasteiger partial charge in [0.1, 0.15) is 0 Å². The molecule has 0 saturated carbocycles. The number of rotatable bonds is 6. The second-order valence-corrected chi connectivity index (χ2v) is 6.36. The minimum Gasteiger partial charge on any atom is -0.379 e. The molecule has 3 unspecified atom stereocenters. The van der Waals surface area contributed by atoms with Crippen LogP contribution in [0.15, 0.2) is 30.3 Å². The molecule has 0 aromatic heterocycles. The molecule has 122 valence electrons. The normalized spacial score (nSPS) is 27.9. The quantitative estimate of drug-likeness (QED) is 0.724. The standard InChI is InChI=1S/C17H28N4O/c1-14-16(12-19-20-14)11-18-17(15-5-3-2-4-6-15)13-21-7-9-22-10-8-21/h2-6,14,16-20H,7-13H2,1H3. The van der Waals surface area contributed by atoms with E-state index in [0.29, 0.717) is 18.0 Å². The predicted molar refractivity (Wildman–Crippen MR) is 88.5 cm³/mol. The SMILES string of the molecule is CC1NNCC1CNC(CN1CCOCC1)c1ccccc1. The fraction of sp³-hybridized carbons (Fsp3) is 0.647. The van der Waals surface area contributed by atoms with Crippen molar-refractivity contribution in [1.82, 2.24) is 21.1 Å². The number of benzene rings is 1. The number of nitrogens with one attached hydrogen (secondary N) is 3. The monoisotopic (exact) mass is 304 g/mol. The lowest BCUT2D eigenvalue weighted by molar-refractivity contribution is 0.0332. The molecule has 2 aliphatic rings. The molecule has 0 bridgehead atoms. The van der Waals surface area contributed by atoms with Crippen LogP contribution in [0.2, 0.25) is 0 Å². The highest BCUT2D eigenvalue weighted by atomic mass is 16.5. The highest BCUT2D eigenvalue weighted by molar-refractivity contribution is 5.19. The number of ether oxygens (including phenoxy) is 1. The molecular formula is C17H28N4O.